The van der Waals surface area contributed by atoms with Gasteiger partial charge in [0.05, 0.1) is 13.2 Å². The first-order valence-corrected chi connectivity index (χ1v) is 11.0. The Morgan fingerprint density at radius 2 is 1.68 bits per heavy atom. The lowest BCUT2D eigenvalue weighted by atomic mass is 9.98. The van der Waals surface area contributed by atoms with E-state index in [0.717, 1.165) is 33.0 Å². The number of hydrogen-bond acceptors (Lipinski definition) is 4. The van der Waals surface area contributed by atoms with Crippen molar-refractivity contribution < 1.29 is 9.53 Å². The largest absolute Gasteiger partial charge is 0.497 e. The molecule has 4 nitrogen and oxygen atoms in total. The Bertz CT molecular complexity index is 1170. The summed E-state index contributed by atoms with van der Waals surface area (Å²) in [5.41, 5.74) is 5.84. The van der Waals surface area contributed by atoms with Crippen LogP contribution < -0.4 is 10.1 Å². The molecule has 1 atom stereocenters. The molecule has 1 unspecified atom stereocenters. The average Bonchev–Trinajstić information content (AvgIpc) is 3.34. The molecule has 0 aliphatic carbocycles. The number of carbonyl (C=O) groups is 1. The maximum Gasteiger partial charge on any atom is 0.251 e. The van der Waals surface area contributed by atoms with E-state index < -0.39 is 0 Å². The van der Waals surface area contributed by atoms with Crippen molar-refractivity contribution in [3.63, 3.8) is 0 Å². The van der Waals surface area contributed by atoms with Gasteiger partial charge >= 0.3 is 0 Å². The number of aromatic nitrogens is 1. The van der Waals surface area contributed by atoms with Crippen LogP contribution in [0.5, 0.6) is 5.75 Å². The molecule has 4 aromatic rings. The van der Waals surface area contributed by atoms with E-state index in [-0.39, 0.29) is 11.9 Å². The molecule has 0 bridgehead atoms. The second-order valence-electron chi connectivity index (χ2n) is 7.47. The lowest BCUT2D eigenvalue weighted by molar-refractivity contribution is 0.0940. The minimum atomic E-state index is -0.134. The van der Waals surface area contributed by atoms with Crippen molar-refractivity contribution in [2.75, 3.05) is 7.11 Å². The van der Waals surface area contributed by atoms with Gasteiger partial charge in [-0.15, -0.1) is 11.3 Å². The van der Waals surface area contributed by atoms with Gasteiger partial charge < -0.3 is 10.1 Å². The average molecular weight is 429 g/mol. The molecule has 0 saturated heterocycles. The van der Waals surface area contributed by atoms with Gasteiger partial charge in [0.2, 0.25) is 0 Å². The number of hydrogen-bond donors (Lipinski definition) is 1. The van der Waals surface area contributed by atoms with Crippen LogP contribution in [-0.4, -0.2) is 18.0 Å². The molecule has 156 valence electrons. The number of benzene rings is 3. The molecular weight excluding hydrogens is 404 g/mol. The van der Waals surface area contributed by atoms with Gasteiger partial charge in [-0.3, -0.25) is 4.79 Å². The van der Waals surface area contributed by atoms with E-state index in [4.69, 9.17) is 4.74 Å². The Kier molecular flexibility index (Phi) is 6.14. The molecule has 1 N–H and O–H groups in total. The monoisotopic (exact) mass is 428 g/mol. The van der Waals surface area contributed by atoms with Gasteiger partial charge in [0.25, 0.3) is 5.91 Å². The van der Waals surface area contributed by atoms with Crippen molar-refractivity contribution in [2.24, 2.45) is 0 Å². The smallest absolute Gasteiger partial charge is 0.251 e. The quantitative estimate of drug-likeness (QED) is 0.393. The molecule has 3 aromatic carbocycles. The highest BCUT2D eigenvalue weighted by Crippen LogP contribution is 2.30. The third-order valence-electron chi connectivity index (χ3n) is 5.22. The van der Waals surface area contributed by atoms with Crippen LogP contribution in [0.1, 0.15) is 34.5 Å². The molecule has 1 aromatic heterocycles. The number of rotatable bonds is 6. The molecule has 0 radical (unpaired) electrons. The van der Waals surface area contributed by atoms with E-state index in [1.165, 1.54) is 5.56 Å². The first-order valence-electron chi connectivity index (χ1n) is 10.1. The molecule has 1 amide bonds. The number of aryl methyl sites for hydroxylation is 1. The van der Waals surface area contributed by atoms with Crippen molar-refractivity contribution in [2.45, 2.75) is 19.9 Å². The van der Waals surface area contributed by atoms with E-state index in [1.54, 1.807) is 24.6 Å². The molecule has 0 aliphatic heterocycles. The summed E-state index contributed by atoms with van der Waals surface area (Å²) in [6, 6.07) is 21.9. The lowest BCUT2D eigenvalue weighted by Gasteiger charge is -2.16. The summed E-state index contributed by atoms with van der Waals surface area (Å²) < 4.78 is 5.22. The van der Waals surface area contributed by atoms with E-state index in [0.29, 0.717) is 5.56 Å². The molecule has 5 heteroatoms. The summed E-state index contributed by atoms with van der Waals surface area (Å²) in [5, 5.41) is 5.95. The standard InChI is InChI=1S/C26H24N2O2S/c1-17-4-6-20(7-5-17)21-14-22(16-23(15-21)26-27-12-13-31-26)25(29)28-18(2)19-8-10-24(30-3)11-9-19/h4-16,18H,1-3H3,(H,28,29). The van der Waals surface area contributed by atoms with Crippen molar-refractivity contribution in [1.82, 2.24) is 10.3 Å². The van der Waals surface area contributed by atoms with Crippen LogP contribution in [0, 0.1) is 6.92 Å². The highest BCUT2D eigenvalue weighted by atomic mass is 32.1. The van der Waals surface area contributed by atoms with Crippen LogP contribution >= 0.6 is 11.3 Å². The van der Waals surface area contributed by atoms with Gasteiger partial charge in [-0.2, -0.15) is 0 Å². The van der Waals surface area contributed by atoms with Gasteiger partial charge in [0.15, 0.2) is 0 Å². The first-order chi connectivity index (χ1) is 15.0. The molecule has 0 spiro atoms. The van der Waals surface area contributed by atoms with E-state index in [1.807, 2.05) is 48.7 Å². The second kappa shape index (κ2) is 9.14. The fourth-order valence-corrected chi connectivity index (χ4v) is 4.04. The van der Waals surface area contributed by atoms with Gasteiger partial charge in [0, 0.05) is 22.7 Å². The van der Waals surface area contributed by atoms with Crippen LogP contribution in [0.3, 0.4) is 0 Å². The predicted octanol–water partition coefficient (Wildman–Crippen LogP) is 6.29. The Morgan fingerprint density at radius 1 is 0.968 bits per heavy atom. The lowest BCUT2D eigenvalue weighted by Crippen LogP contribution is -2.26. The molecule has 0 fully saturated rings. The normalized spacial score (nSPS) is 11.7. The molecule has 0 aliphatic rings. The summed E-state index contributed by atoms with van der Waals surface area (Å²) in [6.45, 7) is 4.04. The number of carbonyl (C=O) groups excluding carboxylic acids is 1. The van der Waals surface area contributed by atoms with Gasteiger partial charge in [-0.1, -0.05) is 42.0 Å². The van der Waals surface area contributed by atoms with E-state index in [9.17, 15) is 4.79 Å². The Hall–Kier alpha value is -3.44. The van der Waals surface area contributed by atoms with Gasteiger partial charge in [-0.25, -0.2) is 4.98 Å². The fourth-order valence-electron chi connectivity index (χ4n) is 3.42. The third kappa shape index (κ3) is 4.84. The number of nitrogens with one attached hydrogen (secondary N) is 1. The third-order valence-corrected chi connectivity index (χ3v) is 6.04. The maximum atomic E-state index is 13.2. The number of amides is 1. The summed E-state index contributed by atoms with van der Waals surface area (Å²) in [7, 11) is 1.64. The topological polar surface area (TPSA) is 51.2 Å². The van der Waals surface area contributed by atoms with Crippen LogP contribution in [-0.2, 0) is 0 Å². The first kappa shape index (κ1) is 20.8. The zero-order valence-electron chi connectivity index (χ0n) is 17.8. The van der Waals surface area contributed by atoms with Crippen LogP contribution in [0.4, 0.5) is 0 Å². The highest BCUT2D eigenvalue weighted by Gasteiger charge is 2.15. The molecule has 4 rings (SSSR count). The molecular formula is C26H24N2O2S. The van der Waals surface area contributed by atoms with Crippen LogP contribution in [0.25, 0.3) is 21.7 Å². The van der Waals surface area contributed by atoms with Crippen LogP contribution in [0.15, 0.2) is 78.3 Å². The predicted molar refractivity (Wildman–Crippen MR) is 127 cm³/mol. The Balaban J connectivity index is 1.65. The molecule has 0 saturated carbocycles. The summed E-state index contributed by atoms with van der Waals surface area (Å²) in [5.74, 6) is 0.677. The van der Waals surface area contributed by atoms with Crippen molar-refractivity contribution in [1.29, 1.82) is 0 Å². The number of nitrogens with zero attached hydrogens (tertiary/aromatic N) is 1. The molecule has 31 heavy (non-hydrogen) atoms. The van der Waals surface area contributed by atoms with E-state index >= 15 is 0 Å². The Labute approximate surface area is 186 Å². The minimum Gasteiger partial charge on any atom is -0.497 e. The van der Waals surface area contributed by atoms with Gasteiger partial charge in [-0.05, 0) is 60.9 Å². The van der Waals surface area contributed by atoms with Crippen molar-refractivity contribution >= 4 is 17.2 Å². The number of thiazole rings is 1. The minimum absolute atomic E-state index is 0.116. The summed E-state index contributed by atoms with van der Waals surface area (Å²) in [4.78, 5) is 17.6. The fraction of sp³-hybridized carbons (Fsp3) is 0.154. The zero-order valence-corrected chi connectivity index (χ0v) is 18.6. The van der Waals surface area contributed by atoms with Crippen molar-refractivity contribution in [3.05, 3.63) is 95.0 Å². The summed E-state index contributed by atoms with van der Waals surface area (Å²) in [6.07, 6.45) is 1.78. The highest BCUT2D eigenvalue weighted by molar-refractivity contribution is 7.13. The SMILES string of the molecule is COc1ccc(C(C)NC(=O)c2cc(-c3ccc(C)cc3)cc(-c3nccs3)c2)cc1. The number of methoxy groups -OCH3 is 1. The maximum absolute atomic E-state index is 13.2. The van der Waals surface area contributed by atoms with E-state index in [2.05, 4.69) is 47.6 Å². The Morgan fingerprint density at radius 3 is 2.32 bits per heavy atom. The second-order valence-corrected chi connectivity index (χ2v) is 8.37. The summed E-state index contributed by atoms with van der Waals surface area (Å²) >= 11 is 1.56. The number of ether oxygens (including phenoxy) is 1. The van der Waals surface area contributed by atoms with Crippen LogP contribution in [0.2, 0.25) is 0 Å². The zero-order chi connectivity index (χ0) is 21.8. The van der Waals surface area contributed by atoms with Crippen molar-refractivity contribution in [3.8, 4) is 27.4 Å². The molecule has 1 heterocycles. The van der Waals surface area contributed by atoms with Gasteiger partial charge in [0.1, 0.15) is 10.8 Å².